The summed E-state index contributed by atoms with van der Waals surface area (Å²) in [5.41, 5.74) is 3.30. The highest BCUT2D eigenvalue weighted by molar-refractivity contribution is 5.81. The standard InChI is InChI=1S/C17H19N3O/c1-18-11-13-6-5-7-14(10-13)21-12-16-15-8-3-4-9-17(15)20(2)19-16/h3-10,18H,11-12H2,1-2H3. The lowest BCUT2D eigenvalue weighted by Crippen LogP contribution is -2.05. The van der Waals surface area contributed by atoms with Crippen molar-refractivity contribution in [3.05, 3.63) is 59.8 Å². The van der Waals surface area contributed by atoms with Crippen LogP contribution in [0.1, 0.15) is 11.3 Å². The van der Waals surface area contributed by atoms with Crippen molar-refractivity contribution < 1.29 is 4.74 Å². The Hall–Kier alpha value is -2.33. The van der Waals surface area contributed by atoms with Crippen LogP contribution in [0.4, 0.5) is 0 Å². The summed E-state index contributed by atoms with van der Waals surface area (Å²) in [6.07, 6.45) is 0. The van der Waals surface area contributed by atoms with Crippen LogP contribution in [0.5, 0.6) is 5.75 Å². The lowest BCUT2D eigenvalue weighted by atomic mass is 10.2. The number of aryl methyl sites for hydroxylation is 1. The second kappa shape index (κ2) is 5.97. The minimum Gasteiger partial charge on any atom is -0.487 e. The lowest BCUT2D eigenvalue weighted by molar-refractivity contribution is 0.301. The molecule has 0 amide bonds. The van der Waals surface area contributed by atoms with E-state index in [0.717, 1.165) is 28.9 Å². The number of rotatable bonds is 5. The summed E-state index contributed by atoms with van der Waals surface area (Å²) in [5.74, 6) is 0.873. The zero-order valence-corrected chi connectivity index (χ0v) is 12.3. The van der Waals surface area contributed by atoms with Gasteiger partial charge in [-0.1, -0.05) is 30.3 Å². The van der Waals surface area contributed by atoms with Crippen LogP contribution in [0.15, 0.2) is 48.5 Å². The maximum absolute atomic E-state index is 5.90. The molecule has 0 spiro atoms. The Morgan fingerprint density at radius 3 is 2.86 bits per heavy atom. The smallest absolute Gasteiger partial charge is 0.133 e. The van der Waals surface area contributed by atoms with E-state index in [2.05, 4.69) is 34.7 Å². The Morgan fingerprint density at radius 1 is 1.14 bits per heavy atom. The second-order valence-electron chi connectivity index (χ2n) is 5.05. The Kier molecular flexibility index (Phi) is 3.88. The van der Waals surface area contributed by atoms with E-state index >= 15 is 0 Å². The normalized spacial score (nSPS) is 11.0. The molecule has 0 saturated carbocycles. The number of nitrogens with one attached hydrogen (secondary N) is 1. The van der Waals surface area contributed by atoms with Gasteiger partial charge in [0.15, 0.2) is 0 Å². The molecule has 0 unspecified atom stereocenters. The summed E-state index contributed by atoms with van der Waals surface area (Å²) in [6, 6.07) is 16.3. The molecule has 1 aromatic heterocycles. The van der Waals surface area contributed by atoms with Crippen molar-refractivity contribution in [1.29, 1.82) is 0 Å². The molecular weight excluding hydrogens is 262 g/mol. The van der Waals surface area contributed by atoms with Crippen LogP contribution in [0.25, 0.3) is 10.9 Å². The summed E-state index contributed by atoms with van der Waals surface area (Å²) in [6.45, 7) is 1.31. The number of hydrogen-bond acceptors (Lipinski definition) is 3. The van der Waals surface area contributed by atoms with Gasteiger partial charge >= 0.3 is 0 Å². The average molecular weight is 281 g/mol. The summed E-state index contributed by atoms with van der Waals surface area (Å²) < 4.78 is 7.79. The fraction of sp³-hybridized carbons (Fsp3) is 0.235. The first-order chi connectivity index (χ1) is 10.3. The Bertz CT molecular complexity index is 749. The lowest BCUT2D eigenvalue weighted by Gasteiger charge is -2.07. The van der Waals surface area contributed by atoms with Crippen molar-refractivity contribution in [3.63, 3.8) is 0 Å². The van der Waals surface area contributed by atoms with Gasteiger partial charge in [-0.2, -0.15) is 5.10 Å². The number of ether oxygens (including phenoxy) is 1. The molecule has 4 heteroatoms. The molecule has 108 valence electrons. The van der Waals surface area contributed by atoms with Gasteiger partial charge in [-0.05, 0) is 30.8 Å². The Balaban J connectivity index is 1.79. The highest BCUT2D eigenvalue weighted by atomic mass is 16.5. The summed E-state index contributed by atoms with van der Waals surface area (Å²) in [4.78, 5) is 0. The first-order valence-electron chi connectivity index (χ1n) is 7.05. The van der Waals surface area contributed by atoms with E-state index < -0.39 is 0 Å². The number of nitrogens with zero attached hydrogens (tertiary/aromatic N) is 2. The minimum absolute atomic E-state index is 0.477. The van der Waals surface area contributed by atoms with Gasteiger partial charge in [0.25, 0.3) is 0 Å². The quantitative estimate of drug-likeness (QED) is 0.781. The van der Waals surface area contributed by atoms with E-state index in [1.54, 1.807) is 0 Å². The van der Waals surface area contributed by atoms with E-state index in [0.29, 0.717) is 6.61 Å². The van der Waals surface area contributed by atoms with Gasteiger partial charge in [-0.25, -0.2) is 0 Å². The van der Waals surface area contributed by atoms with Crippen molar-refractivity contribution in [1.82, 2.24) is 15.1 Å². The summed E-state index contributed by atoms with van der Waals surface area (Å²) >= 11 is 0. The monoisotopic (exact) mass is 281 g/mol. The number of para-hydroxylation sites is 1. The van der Waals surface area contributed by atoms with E-state index in [1.165, 1.54) is 5.56 Å². The van der Waals surface area contributed by atoms with Gasteiger partial charge in [0.1, 0.15) is 18.1 Å². The molecule has 0 atom stereocenters. The maximum atomic E-state index is 5.90. The molecule has 0 aliphatic rings. The second-order valence-corrected chi connectivity index (χ2v) is 5.05. The fourth-order valence-corrected chi connectivity index (χ4v) is 2.50. The van der Waals surface area contributed by atoms with Gasteiger partial charge in [0.05, 0.1) is 5.52 Å². The van der Waals surface area contributed by atoms with Crippen molar-refractivity contribution >= 4 is 10.9 Å². The maximum Gasteiger partial charge on any atom is 0.133 e. The molecule has 0 radical (unpaired) electrons. The van der Waals surface area contributed by atoms with E-state index in [9.17, 15) is 0 Å². The van der Waals surface area contributed by atoms with E-state index in [4.69, 9.17) is 4.74 Å². The van der Waals surface area contributed by atoms with Crippen molar-refractivity contribution in [2.24, 2.45) is 7.05 Å². The third-order valence-corrected chi connectivity index (χ3v) is 3.49. The van der Waals surface area contributed by atoms with Crippen LogP contribution in [0.2, 0.25) is 0 Å². The molecule has 21 heavy (non-hydrogen) atoms. The molecule has 0 aliphatic heterocycles. The van der Waals surface area contributed by atoms with Gasteiger partial charge in [0.2, 0.25) is 0 Å². The minimum atomic E-state index is 0.477. The predicted molar refractivity (Wildman–Crippen MR) is 84.3 cm³/mol. The zero-order chi connectivity index (χ0) is 14.7. The van der Waals surface area contributed by atoms with E-state index in [1.807, 2.05) is 43.0 Å². The first-order valence-corrected chi connectivity index (χ1v) is 7.05. The van der Waals surface area contributed by atoms with Crippen LogP contribution in [0, 0.1) is 0 Å². The first kappa shape index (κ1) is 13.6. The summed E-state index contributed by atoms with van der Waals surface area (Å²) in [7, 11) is 3.90. The third-order valence-electron chi connectivity index (χ3n) is 3.49. The fourth-order valence-electron chi connectivity index (χ4n) is 2.50. The number of aromatic nitrogens is 2. The van der Waals surface area contributed by atoms with Crippen LogP contribution in [-0.4, -0.2) is 16.8 Å². The Morgan fingerprint density at radius 2 is 2.00 bits per heavy atom. The third kappa shape index (κ3) is 2.90. The SMILES string of the molecule is CNCc1cccc(OCc2nn(C)c3ccccc23)c1. The molecule has 0 fully saturated rings. The highest BCUT2D eigenvalue weighted by Crippen LogP contribution is 2.20. The largest absolute Gasteiger partial charge is 0.487 e. The summed E-state index contributed by atoms with van der Waals surface area (Å²) in [5, 5.41) is 8.83. The molecule has 4 nitrogen and oxygen atoms in total. The van der Waals surface area contributed by atoms with Gasteiger partial charge in [-0.3, -0.25) is 4.68 Å². The topological polar surface area (TPSA) is 39.1 Å². The number of fused-ring (bicyclic) bond motifs is 1. The average Bonchev–Trinajstić information content (AvgIpc) is 2.83. The van der Waals surface area contributed by atoms with Gasteiger partial charge in [-0.15, -0.1) is 0 Å². The van der Waals surface area contributed by atoms with Crippen LogP contribution >= 0.6 is 0 Å². The van der Waals surface area contributed by atoms with Gasteiger partial charge < -0.3 is 10.1 Å². The number of benzene rings is 2. The molecule has 2 aromatic carbocycles. The van der Waals surface area contributed by atoms with Crippen molar-refractivity contribution in [2.75, 3.05) is 7.05 Å². The highest BCUT2D eigenvalue weighted by Gasteiger charge is 2.08. The van der Waals surface area contributed by atoms with Crippen LogP contribution < -0.4 is 10.1 Å². The molecule has 3 aromatic rings. The Labute approximate surface area is 124 Å². The molecule has 0 aliphatic carbocycles. The number of hydrogen-bond donors (Lipinski definition) is 1. The molecule has 0 saturated heterocycles. The van der Waals surface area contributed by atoms with Crippen LogP contribution in [0.3, 0.4) is 0 Å². The van der Waals surface area contributed by atoms with Crippen LogP contribution in [-0.2, 0) is 20.2 Å². The molecule has 1 heterocycles. The molecule has 0 bridgehead atoms. The molecular formula is C17H19N3O. The van der Waals surface area contributed by atoms with Crippen molar-refractivity contribution in [2.45, 2.75) is 13.2 Å². The van der Waals surface area contributed by atoms with Crippen molar-refractivity contribution in [3.8, 4) is 5.75 Å². The predicted octanol–water partition coefficient (Wildman–Crippen LogP) is 2.87. The van der Waals surface area contributed by atoms with Gasteiger partial charge in [0, 0.05) is 19.0 Å². The molecule has 1 N–H and O–H groups in total. The zero-order valence-electron chi connectivity index (χ0n) is 12.3. The molecule has 3 rings (SSSR count). The van der Waals surface area contributed by atoms with E-state index in [-0.39, 0.29) is 0 Å².